The molecule has 0 bridgehead atoms. The van der Waals surface area contributed by atoms with Crippen LogP contribution in [0.4, 0.5) is 0 Å². The van der Waals surface area contributed by atoms with E-state index in [2.05, 4.69) is 4.74 Å². The van der Waals surface area contributed by atoms with Crippen molar-refractivity contribution in [1.82, 2.24) is 0 Å². The number of carbonyl (C=O) groups excluding carboxylic acids is 1. The van der Waals surface area contributed by atoms with Crippen molar-refractivity contribution in [2.45, 2.75) is 19.4 Å². The summed E-state index contributed by atoms with van der Waals surface area (Å²) in [6, 6.07) is 4.96. The Bertz CT molecular complexity index is 412. The van der Waals surface area contributed by atoms with Crippen molar-refractivity contribution in [3.05, 3.63) is 23.8 Å². The van der Waals surface area contributed by atoms with Crippen molar-refractivity contribution >= 4 is 18.4 Å². The maximum Gasteiger partial charge on any atom is 0.307 e. The van der Waals surface area contributed by atoms with E-state index in [4.69, 9.17) is 15.2 Å². The lowest BCUT2D eigenvalue weighted by atomic mass is 10.0. The minimum absolute atomic E-state index is 0. The Morgan fingerprint density at radius 2 is 2.00 bits per heavy atom. The molecule has 0 aromatic heterocycles. The smallest absolute Gasteiger partial charge is 0.307 e. The van der Waals surface area contributed by atoms with E-state index in [0.29, 0.717) is 18.1 Å². The monoisotopic (exact) mass is 289 g/mol. The molecule has 0 fully saturated rings. The van der Waals surface area contributed by atoms with Crippen LogP contribution in [0.2, 0.25) is 0 Å². The second-order valence-electron chi connectivity index (χ2n) is 3.73. The molecule has 0 heterocycles. The van der Waals surface area contributed by atoms with Crippen molar-refractivity contribution in [2.24, 2.45) is 5.73 Å². The summed E-state index contributed by atoms with van der Waals surface area (Å²) in [4.78, 5) is 11.2. The maximum absolute atomic E-state index is 11.2. The summed E-state index contributed by atoms with van der Waals surface area (Å²) in [5, 5.41) is 0. The Morgan fingerprint density at radius 1 is 1.32 bits per heavy atom. The van der Waals surface area contributed by atoms with Gasteiger partial charge in [-0.2, -0.15) is 0 Å². The van der Waals surface area contributed by atoms with Crippen molar-refractivity contribution in [1.29, 1.82) is 0 Å². The number of methoxy groups -OCH3 is 2. The van der Waals surface area contributed by atoms with Crippen LogP contribution < -0.4 is 15.2 Å². The van der Waals surface area contributed by atoms with Crippen molar-refractivity contribution < 1.29 is 19.0 Å². The van der Waals surface area contributed by atoms with Crippen LogP contribution >= 0.6 is 12.4 Å². The number of carbonyl (C=O) groups is 1. The molecule has 5 nitrogen and oxygen atoms in total. The van der Waals surface area contributed by atoms with Crippen LogP contribution in [0.5, 0.6) is 11.5 Å². The minimum atomic E-state index is -0.414. The van der Waals surface area contributed by atoms with Gasteiger partial charge in [0.1, 0.15) is 0 Å². The lowest BCUT2D eigenvalue weighted by Gasteiger charge is -2.14. The first-order valence-corrected chi connectivity index (χ1v) is 5.75. The first-order valence-electron chi connectivity index (χ1n) is 5.75. The van der Waals surface area contributed by atoms with Crippen molar-refractivity contribution in [3.63, 3.8) is 0 Å². The van der Waals surface area contributed by atoms with Crippen molar-refractivity contribution in [2.75, 3.05) is 20.8 Å². The zero-order valence-corrected chi connectivity index (χ0v) is 12.2. The fraction of sp³-hybridized carbons (Fsp3) is 0.462. The van der Waals surface area contributed by atoms with E-state index in [0.717, 1.165) is 5.56 Å². The Kier molecular flexibility index (Phi) is 7.95. The van der Waals surface area contributed by atoms with E-state index < -0.39 is 6.04 Å². The number of ether oxygens (including phenoxy) is 3. The summed E-state index contributed by atoms with van der Waals surface area (Å²) in [6.07, 6.45) is 0.133. The molecule has 0 aliphatic carbocycles. The maximum atomic E-state index is 11.2. The van der Waals surface area contributed by atoms with E-state index >= 15 is 0 Å². The summed E-state index contributed by atoms with van der Waals surface area (Å²) in [7, 11) is 2.92. The third-order valence-corrected chi connectivity index (χ3v) is 2.53. The molecule has 1 atom stereocenters. The molecule has 0 aliphatic heterocycles. The predicted octanol–water partition coefficient (Wildman–Crippen LogP) is 2.08. The van der Waals surface area contributed by atoms with Crippen LogP contribution in [0.3, 0.4) is 0 Å². The number of benzene rings is 1. The molecular weight excluding hydrogens is 270 g/mol. The quantitative estimate of drug-likeness (QED) is 0.812. The average Bonchev–Trinajstić information content (AvgIpc) is 2.38. The van der Waals surface area contributed by atoms with Gasteiger partial charge < -0.3 is 19.9 Å². The molecule has 0 saturated carbocycles. The summed E-state index contributed by atoms with van der Waals surface area (Å²) in [6.45, 7) is 2.42. The van der Waals surface area contributed by atoms with Crippen LogP contribution in [0, 0.1) is 0 Å². The van der Waals surface area contributed by atoms with Gasteiger partial charge in [-0.3, -0.25) is 4.79 Å². The van der Waals surface area contributed by atoms with Crippen LogP contribution in [-0.4, -0.2) is 26.8 Å². The van der Waals surface area contributed by atoms with Gasteiger partial charge in [0, 0.05) is 6.04 Å². The van der Waals surface area contributed by atoms with Crippen LogP contribution in [0.15, 0.2) is 18.2 Å². The zero-order valence-electron chi connectivity index (χ0n) is 11.3. The predicted molar refractivity (Wildman–Crippen MR) is 75.0 cm³/mol. The first-order chi connectivity index (χ1) is 8.62. The number of rotatable bonds is 6. The number of esters is 1. The molecule has 0 saturated heterocycles. The molecule has 1 aromatic carbocycles. The molecule has 19 heavy (non-hydrogen) atoms. The van der Waals surface area contributed by atoms with Crippen LogP contribution in [0.25, 0.3) is 0 Å². The summed E-state index contributed by atoms with van der Waals surface area (Å²) in [5.41, 5.74) is 6.74. The fourth-order valence-electron chi connectivity index (χ4n) is 1.57. The zero-order chi connectivity index (χ0) is 13.5. The highest BCUT2D eigenvalue weighted by Crippen LogP contribution is 2.30. The molecule has 1 rings (SSSR count). The van der Waals surface area contributed by atoms with Gasteiger partial charge in [-0.05, 0) is 24.6 Å². The largest absolute Gasteiger partial charge is 0.493 e. The molecule has 0 aliphatic rings. The molecule has 2 N–H and O–H groups in total. The van der Waals surface area contributed by atoms with Gasteiger partial charge in [-0.25, -0.2) is 0 Å². The highest BCUT2D eigenvalue weighted by Gasteiger charge is 2.14. The van der Waals surface area contributed by atoms with E-state index in [1.54, 1.807) is 19.2 Å². The van der Waals surface area contributed by atoms with Gasteiger partial charge in [0.15, 0.2) is 11.5 Å². The highest BCUT2D eigenvalue weighted by molar-refractivity contribution is 5.85. The van der Waals surface area contributed by atoms with E-state index in [1.165, 1.54) is 7.11 Å². The third-order valence-electron chi connectivity index (χ3n) is 2.53. The Balaban J connectivity index is 0.00000324. The molecular formula is C13H20ClNO4. The molecule has 6 heteroatoms. The number of halogens is 1. The van der Waals surface area contributed by atoms with Gasteiger partial charge in [-0.1, -0.05) is 6.07 Å². The van der Waals surface area contributed by atoms with E-state index in [9.17, 15) is 4.79 Å². The minimum Gasteiger partial charge on any atom is -0.493 e. The summed E-state index contributed by atoms with van der Waals surface area (Å²) < 4.78 is 15.2. The Hall–Kier alpha value is -1.46. The standard InChI is InChI=1S/C13H19NO4.ClH/c1-4-18-12-7-9(5-6-11(12)16-2)10(14)8-13(15)17-3;/h5-7,10H,4,8,14H2,1-3H3;1H/t10-;/m0./s1. The SMILES string of the molecule is CCOc1cc([C@@H](N)CC(=O)OC)ccc1OC.Cl. The number of hydrogen-bond donors (Lipinski definition) is 1. The number of hydrogen-bond acceptors (Lipinski definition) is 5. The van der Waals surface area contributed by atoms with E-state index in [-0.39, 0.29) is 24.8 Å². The molecule has 108 valence electrons. The summed E-state index contributed by atoms with van der Waals surface area (Å²) in [5.74, 6) is 0.931. The second kappa shape index (κ2) is 8.61. The van der Waals surface area contributed by atoms with Crippen LogP contribution in [0.1, 0.15) is 24.9 Å². The van der Waals surface area contributed by atoms with E-state index in [1.807, 2.05) is 13.0 Å². The first kappa shape index (κ1) is 17.5. The molecule has 0 spiro atoms. The Labute approximate surface area is 119 Å². The topological polar surface area (TPSA) is 70.8 Å². The normalized spacial score (nSPS) is 11.2. The van der Waals surface area contributed by atoms with Gasteiger partial charge in [0.2, 0.25) is 0 Å². The molecule has 0 unspecified atom stereocenters. The third kappa shape index (κ3) is 4.96. The average molecular weight is 290 g/mol. The van der Waals surface area contributed by atoms with Crippen molar-refractivity contribution in [3.8, 4) is 11.5 Å². The summed E-state index contributed by atoms with van der Waals surface area (Å²) >= 11 is 0. The second-order valence-corrected chi connectivity index (χ2v) is 3.73. The van der Waals surface area contributed by atoms with Gasteiger partial charge >= 0.3 is 5.97 Å². The Morgan fingerprint density at radius 3 is 2.53 bits per heavy atom. The highest BCUT2D eigenvalue weighted by atomic mass is 35.5. The van der Waals surface area contributed by atoms with Gasteiger partial charge in [0.05, 0.1) is 27.2 Å². The van der Waals surface area contributed by atoms with Gasteiger partial charge in [0.25, 0.3) is 0 Å². The molecule has 0 radical (unpaired) electrons. The molecule has 1 aromatic rings. The lowest BCUT2D eigenvalue weighted by molar-refractivity contribution is -0.141. The van der Waals surface area contributed by atoms with Gasteiger partial charge in [-0.15, -0.1) is 12.4 Å². The number of nitrogens with two attached hydrogens (primary N) is 1. The molecule has 0 amide bonds. The van der Waals surface area contributed by atoms with Crippen LogP contribution in [-0.2, 0) is 9.53 Å². The fourth-order valence-corrected chi connectivity index (χ4v) is 1.57. The lowest BCUT2D eigenvalue weighted by Crippen LogP contribution is -2.16.